The normalized spacial score (nSPS) is 18.1. The number of aliphatic hydroxyl groups excluding tert-OH is 2. The molecule has 0 saturated carbocycles. The number of carboxylic acid groups (broad SMARTS) is 2. The van der Waals surface area contributed by atoms with Crippen LogP contribution in [-0.4, -0.2) is 75.7 Å². The molecule has 8 nitrogen and oxygen atoms in total. The summed E-state index contributed by atoms with van der Waals surface area (Å²) < 4.78 is 0. The standard InChI is InChI=1S/C15H22Cl2N2.C4H6O6/c1-2-5-19(10-12-3-4-18-9-12)11-13-6-14(16)8-15(17)7-13;5-1(3(7)8)2(6)4(9)10/h6-8,12,18H,2-5,9-11H2,1H3;1-2,5-6H,(H,7,8)(H,9,10)/t12-;/m1./s1. The zero-order valence-electron chi connectivity index (χ0n) is 16.2. The summed E-state index contributed by atoms with van der Waals surface area (Å²) in [6, 6.07) is 5.82. The van der Waals surface area contributed by atoms with Crippen molar-refractivity contribution in [2.24, 2.45) is 5.92 Å². The van der Waals surface area contributed by atoms with E-state index in [9.17, 15) is 9.59 Å². The molecule has 0 spiro atoms. The molecule has 1 aliphatic rings. The van der Waals surface area contributed by atoms with Crippen molar-refractivity contribution < 1.29 is 30.0 Å². The van der Waals surface area contributed by atoms with Gasteiger partial charge in [0.2, 0.25) is 0 Å². The van der Waals surface area contributed by atoms with Crippen molar-refractivity contribution in [1.29, 1.82) is 0 Å². The molecule has 29 heavy (non-hydrogen) atoms. The van der Waals surface area contributed by atoms with E-state index in [-0.39, 0.29) is 0 Å². The highest BCUT2D eigenvalue weighted by Crippen LogP contribution is 2.21. The van der Waals surface area contributed by atoms with Crippen molar-refractivity contribution in [3.63, 3.8) is 0 Å². The van der Waals surface area contributed by atoms with Crippen LogP contribution >= 0.6 is 23.2 Å². The lowest BCUT2D eigenvalue weighted by atomic mass is 10.1. The van der Waals surface area contributed by atoms with Gasteiger partial charge in [-0.1, -0.05) is 30.1 Å². The Labute approximate surface area is 180 Å². The first-order chi connectivity index (χ1) is 13.6. The lowest BCUT2D eigenvalue weighted by molar-refractivity contribution is -0.165. The van der Waals surface area contributed by atoms with Crippen LogP contribution in [0.2, 0.25) is 10.0 Å². The van der Waals surface area contributed by atoms with E-state index in [2.05, 4.69) is 17.1 Å². The molecule has 10 heteroatoms. The van der Waals surface area contributed by atoms with Crippen molar-refractivity contribution in [3.8, 4) is 0 Å². The second kappa shape index (κ2) is 13.0. The van der Waals surface area contributed by atoms with Crippen LogP contribution in [0, 0.1) is 5.92 Å². The zero-order valence-corrected chi connectivity index (χ0v) is 17.7. The van der Waals surface area contributed by atoms with Gasteiger partial charge in [0, 0.05) is 23.1 Å². The molecule has 1 fully saturated rings. The third kappa shape index (κ3) is 9.75. The molecule has 1 heterocycles. The molecule has 1 aromatic rings. The Hall–Kier alpha value is -1.42. The molecule has 0 aliphatic carbocycles. The van der Waals surface area contributed by atoms with E-state index in [0.717, 1.165) is 48.7 Å². The number of nitrogens with zero attached hydrogens (tertiary/aromatic N) is 1. The first-order valence-electron chi connectivity index (χ1n) is 9.33. The van der Waals surface area contributed by atoms with Crippen molar-refractivity contribution in [2.75, 3.05) is 26.2 Å². The number of carboxylic acids is 2. The van der Waals surface area contributed by atoms with Gasteiger partial charge in [-0.2, -0.15) is 0 Å². The molecular formula is C19H28Cl2N2O6. The molecule has 2 rings (SSSR count). The summed E-state index contributed by atoms with van der Waals surface area (Å²) in [6.07, 6.45) is -2.07. The second-order valence-corrected chi connectivity index (χ2v) is 7.81. The average Bonchev–Trinajstić information content (AvgIpc) is 3.13. The summed E-state index contributed by atoms with van der Waals surface area (Å²) >= 11 is 12.1. The van der Waals surface area contributed by atoms with Gasteiger partial charge in [0.05, 0.1) is 0 Å². The molecule has 1 aliphatic heterocycles. The smallest absolute Gasteiger partial charge is 0.335 e. The lowest BCUT2D eigenvalue weighted by Crippen LogP contribution is -2.39. The average molecular weight is 451 g/mol. The molecule has 0 bridgehead atoms. The molecule has 5 N–H and O–H groups in total. The number of aliphatic hydroxyl groups is 2. The van der Waals surface area contributed by atoms with E-state index in [4.69, 9.17) is 43.6 Å². The van der Waals surface area contributed by atoms with Crippen LogP contribution in [0.15, 0.2) is 18.2 Å². The first-order valence-corrected chi connectivity index (χ1v) is 10.1. The molecular weight excluding hydrogens is 423 g/mol. The SMILES string of the molecule is CCCN(Cc1cc(Cl)cc(Cl)c1)C[C@@H]1CCNC1.O=C(O)C(O)C(O)C(=O)O. The fourth-order valence-electron chi connectivity index (χ4n) is 3.02. The highest BCUT2D eigenvalue weighted by molar-refractivity contribution is 6.34. The molecule has 0 amide bonds. The van der Waals surface area contributed by atoms with Crippen molar-refractivity contribution >= 4 is 35.1 Å². The number of rotatable bonds is 9. The van der Waals surface area contributed by atoms with E-state index < -0.39 is 24.1 Å². The quantitative estimate of drug-likeness (QED) is 0.384. The number of nitrogens with one attached hydrogen (secondary N) is 1. The summed E-state index contributed by atoms with van der Waals surface area (Å²) in [5, 5.41) is 37.4. The van der Waals surface area contributed by atoms with Gasteiger partial charge in [0.15, 0.2) is 12.2 Å². The van der Waals surface area contributed by atoms with Gasteiger partial charge in [0.1, 0.15) is 0 Å². The lowest BCUT2D eigenvalue weighted by Gasteiger charge is -2.25. The highest BCUT2D eigenvalue weighted by atomic mass is 35.5. The summed E-state index contributed by atoms with van der Waals surface area (Å²) in [6.45, 7) is 7.76. The number of benzene rings is 1. The van der Waals surface area contributed by atoms with E-state index >= 15 is 0 Å². The molecule has 2 unspecified atom stereocenters. The van der Waals surface area contributed by atoms with Crippen LogP contribution in [0.1, 0.15) is 25.3 Å². The van der Waals surface area contributed by atoms with Crippen LogP contribution in [0.25, 0.3) is 0 Å². The Bertz CT molecular complexity index is 632. The monoisotopic (exact) mass is 450 g/mol. The van der Waals surface area contributed by atoms with Crippen LogP contribution in [0.4, 0.5) is 0 Å². The molecule has 3 atom stereocenters. The highest BCUT2D eigenvalue weighted by Gasteiger charge is 2.29. The minimum atomic E-state index is -2.27. The van der Waals surface area contributed by atoms with Gasteiger partial charge in [-0.3, -0.25) is 4.90 Å². The maximum Gasteiger partial charge on any atom is 0.335 e. The largest absolute Gasteiger partial charge is 0.479 e. The van der Waals surface area contributed by atoms with Gasteiger partial charge in [0.25, 0.3) is 0 Å². The van der Waals surface area contributed by atoms with Gasteiger partial charge in [-0.15, -0.1) is 0 Å². The van der Waals surface area contributed by atoms with E-state index in [1.54, 1.807) is 6.07 Å². The van der Waals surface area contributed by atoms with Crippen LogP contribution < -0.4 is 5.32 Å². The zero-order chi connectivity index (χ0) is 22.0. The predicted molar refractivity (Wildman–Crippen MR) is 110 cm³/mol. The Morgan fingerprint density at radius 2 is 1.69 bits per heavy atom. The molecule has 1 aromatic carbocycles. The number of aliphatic carboxylic acids is 2. The summed E-state index contributed by atoms with van der Waals surface area (Å²) in [7, 11) is 0. The molecule has 1 saturated heterocycles. The number of carbonyl (C=O) groups is 2. The minimum Gasteiger partial charge on any atom is -0.479 e. The second-order valence-electron chi connectivity index (χ2n) is 6.94. The summed E-state index contributed by atoms with van der Waals surface area (Å²) in [4.78, 5) is 22.1. The third-order valence-electron chi connectivity index (χ3n) is 4.35. The van der Waals surface area contributed by atoms with Crippen LogP contribution in [0.5, 0.6) is 0 Å². The van der Waals surface area contributed by atoms with E-state index in [0.29, 0.717) is 0 Å². The fraction of sp³-hybridized carbons (Fsp3) is 0.579. The van der Waals surface area contributed by atoms with Gasteiger partial charge in [-0.05, 0) is 62.2 Å². The Morgan fingerprint density at radius 3 is 2.10 bits per heavy atom. The van der Waals surface area contributed by atoms with Gasteiger partial charge >= 0.3 is 11.9 Å². The summed E-state index contributed by atoms with van der Waals surface area (Å²) in [5.41, 5.74) is 1.21. The van der Waals surface area contributed by atoms with E-state index in [1.807, 2.05) is 12.1 Å². The Balaban J connectivity index is 0.000000359. The number of hydrogen-bond acceptors (Lipinski definition) is 6. The van der Waals surface area contributed by atoms with E-state index in [1.165, 1.54) is 18.4 Å². The predicted octanol–water partition coefficient (Wildman–Crippen LogP) is 1.69. The molecule has 0 radical (unpaired) electrons. The molecule has 164 valence electrons. The van der Waals surface area contributed by atoms with Crippen molar-refractivity contribution in [1.82, 2.24) is 10.2 Å². The Kier molecular flexibility index (Phi) is 11.5. The topological polar surface area (TPSA) is 130 Å². The van der Waals surface area contributed by atoms with Gasteiger partial charge < -0.3 is 25.7 Å². The fourth-order valence-corrected chi connectivity index (χ4v) is 3.59. The summed E-state index contributed by atoms with van der Waals surface area (Å²) in [5.74, 6) is -2.76. The molecule has 0 aromatic heterocycles. The van der Waals surface area contributed by atoms with Crippen LogP contribution in [-0.2, 0) is 16.1 Å². The number of hydrogen-bond donors (Lipinski definition) is 5. The maximum absolute atomic E-state index is 9.77. The first kappa shape index (κ1) is 25.6. The maximum atomic E-state index is 9.77. The van der Waals surface area contributed by atoms with Crippen molar-refractivity contribution in [2.45, 2.75) is 38.5 Å². The van der Waals surface area contributed by atoms with Crippen LogP contribution in [0.3, 0.4) is 0 Å². The number of halogens is 2. The minimum absolute atomic E-state index is 0.724. The third-order valence-corrected chi connectivity index (χ3v) is 4.79. The van der Waals surface area contributed by atoms with Gasteiger partial charge in [-0.25, -0.2) is 9.59 Å². The van der Waals surface area contributed by atoms with Crippen molar-refractivity contribution in [3.05, 3.63) is 33.8 Å². The Morgan fingerprint density at radius 1 is 1.14 bits per heavy atom.